The number of hydrogen-bond donors (Lipinski definition) is 1. The monoisotopic (exact) mass is 288 g/mol. The summed E-state index contributed by atoms with van der Waals surface area (Å²) in [5.74, 6) is 0.651. The highest BCUT2D eigenvalue weighted by Crippen LogP contribution is 2.37. The van der Waals surface area contributed by atoms with Gasteiger partial charge >= 0.3 is 0 Å². The van der Waals surface area contributed by atoms with E-state index in [0.717, 1.165) is 5.56 Å². The summed E-state index contributed by atoms with van der Waals surface area (Å²) >= 11 is 0. The van der Waals surface area contributed by atoms with Crippen molar-refractivity contribution in [3.8, 4) is 0 Å². The zero-order valence-corrected chi connectivity index (χ0v) is 11.7. The van der Waals surface area contributed by atoms with Crippen LogP contribution in [0.5, 0.6) is 0 Å². The minimum absolute atomic E-state index is 0.0577. The number of aliphatic hydroxyl groups excluding tert-OH is 1. The van der Waals surface area contributed by atoms with Gasteiger partial charge in [-0.3, -0.25) is 0 Å². The van der Waals surface area contributed by atoms with Crippen molar-refractivity contribution in [2.75, 3.05) is 0 Å². The van der Waals surface area contributed by atoms with Gasteiger partial charge in [-0.25, -0.2) is 8.78 Å². The highest BCUT2D eigenvalue weighted by Gasteiger charge is 2.20. The van der Waals surface area contributed by atoms with E-state index in [1.165, 1.54) is 37.0 Å². The van der Waals surface area contributed by atoms with Crippen LogP contribution in [0.1, 0.15) is 60.0 Å². The lowest BCUT2D eigenvalue weighted by molar-refractivity contribution is 0.150. The minimum Gasteiger partial charge on any atom is -0.384 e. The summed E-state index contributed by atoms with van der Waals surface area (Å²) < 4.78 is 25.4. The zero-order chi connectivity index (χ0) is 14.8. The molecule has 1 N–H and O–H groups in total. The van der Waals surface area contributed by atoms with Gasteiger partial charge in [-0.05, 0) is 41.5 Å². The Morgan fingerprint density at radius 3 is 2.14 bits per heavy atom. The van der Waals surface area contributed by atoms with Crippen molar-refractivity contribution < 1.29 is 13.9 Å². The standard InChI is InChI=1S/C18H18F2O/c19-18(20)16-6-2-5-15(11-16)17(21)14-9-7-13(8-10-14)12-3-1-4-12/h2,5-12,17-18,21H,1,3-4H2. The van der Waals surface area contributed by atoms with Gasteiger partial charge in [-0.1, -0.05) is 48.9 Å². The molecule has 2 aromatic rings. The molecule has 0 aliphatic heterocycles. The molecular weight excluding hydrogens is 270 g/mol. The van der Waals surface area contributed by atoms with Crippen LogP contribution in [0, 0.1) is 0 Å². The molecule has 0 spiro atoms. The molecule has 0 bridgehead atoms. The SMILES string of the molecule is OC(c1ccc(C2CCC2)cc1)c1cccc(C(F)F)c1. The Balaban J connectivity index is 1.80. The van der Waals surface area contributed by atoms with Gasteiger partial charge in [0.15, 0.2) is 0 Å². The molecule has 110 valence electrons. The van der Waals surface area contributed by atoms with Gasteiger partial charge in [0.2, 0.25) is 0 Å². The average Bonchev–Trinajstić information content (AvgIpc) is 2.46. The van der Waals surface area contributed by atoms with Gasteiger partial charge in [0.1, 0.15) is 6.10 Å². The Hall–Kier alpha value is -1.74. The molecule has 3 heteroatoms. The van der Waals surface area contributed by atoms with Crippen LogP contribution in [-0.4, -0.2) is 5.11 Å². The van der Waals surface area contributed by atoms with Crippen molar-refractivity contribution in [1.82, 2.24) is 0 Å². The van der Waals surface area contributed by atoms with Gasteiger partial charge in [0.25, 0.3) is 6.43 Å². The molecule has 2 aromatic carbocycles. The second-order valence-electron chi connectivity index (χ2n) is 5.67. The lowest BCUT2D eigenvalue weighted by Crippen LogP contribution is -2.09. The first kappa shape index (κ1) is 14.2. The molecule has 3 rings (SSSR count). The Kier molecular flexibility index (Phi) is 4.02. The molecule has 1 atom stereocenters. The molecule has 21 heavy (non-hydrogen) atoms. The molecule has 0 amide bonds. The van der Waals surface area contributed by atoms with E-state index in [2.05, 4.69) is 0 Å². The van der Waals surface area contributed by atoms with Crippen LogP contribution in [0.3, 0.4) is 0 Å². The normalized spacial score (nSPS) is 16.8. The third-order valence-electron chi connectivity index (χ3n) is 4.31. The third-order valence-corrected chi connectivity index (χ3v) is 4.31. The summed E-state index contributed by atoms with van der Waals surface area (Å²) in [6, 6.07) is 13.9. The maximum absolute atomic E-state index is 12.7. The van der Waals surface area contributed by atoms with E-state index >= 15 is 0 Å². The fourth-order valence-electron chi connectivity index (χ4n) is 2.75. The summed E-state index contributed by atoms with van der Waals surface area (Å²) in [4.78, 5) is 0. The molecule has 0 aromatic heterocycles. The molecule has 1 aliphatic carbocycles. The third kappa shape index (κ3) is 2.98. The first-order chi connectivity index (χ1) is 10.1. The Morgan fingerprint density at radius 2 is 1.57 bits per heavy atom. The number of hydrogen-bond acceptors (Lipinski definition) is 1. The van der Waals surface area contributed by atoms with Crippen LogP contribution in [0.2, 0.25) is 0 Å². The molecule has 1 unspecified atom stereocenters. The lowest BCUT2D eigenvalue weighted by atomic mass is 9.80. The van der Waals surface area contributed by atoms with Crippen LogP contribution >= 0.6 is 0 Å². The highest BCUT2D eigenvalue weighted by molar-refractivity contribution is 5.35. The summed E-state index contributed by atoms with van der Waals surface area (Å²) in [5, 5.41) is 10.4. The van der Waals surface area contributed by atoms with Crippen LogP contribution in [0.4, 0.5) is 8.78 Å². The molecular formula is C18H18F2O. The molecule has 0 radical (unpaired) electrons. The molecule has 0 saturated heterocycles. The maximum atomic E-state index is 12.7. The molecule has 1 nitrogen and oxygen atoms in total. The Morgan fingerprint density at radius 1 is 0.905 bits per heavy atom. The summed E-state index contributed by atoms with van der Waals surface area (Å²) in [6.07, 6.45) is 0.379. The number of alkyl halides is 2. The molecule has 1 saturated carbocycles. The Bertz CT molecular complexity index is 603. The van der Waals surface area contributed by atoms with Crippen LogP contribution < -0.4 is 0 Å². The smallest absolute Gasteiger partial charge is 0.263 e. The first-order valence-electron chi connectivity index (χ1n) is 7.31. The van der Waals surface area contributed by atoms with Gasteiger partial charge in [0.05, 0.1) is 0 Å². The van der Waals surface area contributed by atoms with E-state index < -0.39 is 12.5 Å². The van der Waals surface area contributed by atoms with E-state index in [4.69, 9.17) is 0 Å². The summed E-state index contributed by atoms with van der Waals surface area (Å²) in [5.41, 5.74) is 2.49. The quantitative estimate of drug-likeness (QED) is 0.841. The first-order valence-corrected chi connectivity index (χ1v) is 7.31. The summed E-state index contributed by atoms with van der Waals surface area (Å²) in [7, 11) is 0. The molecule has 0 heterocycles. The lowest BCUT2D eigenvalue weighted by Gasteiger charge is -2.26. The average molecular weight is 288 g/mol. The number of benzene rings is 2. The number of rotatable bonds is 4. The van der Waals surface area contributed by atoms with Gasteiger partial charge < -0.3 is 5.11 Å². The van der Waals surface area contributed by atoms with E-state index in [0.29, 0.717) is 11.5 Å². The van der Waals surface area contributed by atoms with Crippen molar-refractivity contribution in [1.29, 1.82) is 0 Å². The zero-order valence-electron chi connectivity index (χ0n) is 11.7. The van der Waals surface area contributed by atoms with E-state index in [1.54, 1.807) is 12.1 Å². The van der Waals surface area contributed by atoms with Gasteiger partial charge in [-0.15, -0.1) is 0 Å². The number of halogens is 2. The fourth-order valence-corrected chi connectivity index (χ4v) is 2.75. The van der Waals surface area contributed by atoms with Crippen molar-refractivity contribution >= 4 is 0 Å². The fraction of sp³-hybridized carbons (Fsp3) is 0.333. The van der Waals surface area contributed by atoms with E-state index in [-0.39, 0.29) is 5.56 Å². The predicted octanol–water partition coefficient (Wildman–Crippen LogP) is 4.97. The number of aliphatic hydroxyl groups is 1. The largest absolute Gasteiger partial charge is 0.384 e. The van der Waals surface area contributed by atoms with Crippen molar-refractivity contribution in [3.05, 3.63) is 70.8 Å². The van der Waals surface area contributed by atoms with Crippen molar-refractivity contribution in [2.45, 2.75) is 37.7 Å². The van der Waals surface area contributed by atoms with E-state index in [9.17, 15) is 13.9 Å². The predicted molar refractivity (Wildman–Crippen MR) is 78.5 cm³/mol. The van der Waals surface area contributed by atoms with Crippen LogP contribution in [0.15, 0.2) is 48.5 Å². The van der Waals surface area contributed by atoms with E-state index in [1.807, 2.05) is 24.3 Å². The van der Waals surface area contributed by atoms with Crippen molar-refractivity contribution in [2.24, 2.45) is 0 Å². The second-order valence-corrected chi connectivity index (χ2v) is 5.67. The highest BCUT2D eigenvalue weighted by atomic mass is 19.3. The second kappa shape index (κ2) is 5.94. The van der Waals surface area contributed by atoms with Crippen molar-refractivity contribution in [3.63, 3.8) is 0 Å². The van der Waals surface area contributed by atoms with Gasteiger partial charge in [-0.2, -0.15) is 0 Å². The van der Waals surface area contributed by atoms with Crippen LogP contribution in [0.25, 0.3) is 0 Å². The maximum Gasteiger partial charge on any atom is 0.263 e. The molecule has 1 fully saturated rings. The summed E-state index contributed by atoms with van der Waals surface area (Å²) in [6.45, 7) is 0. The minimum atomic E-state index is -2.52. The van der Waals surface area contributed by atoms with Gasteiger partial charge in [0, 0.05) is 5.56 Å². The topological polar surface area (TPSA) is 20.2 Å². The Labute approximate surface area is 123 Å². The van der Waals surface area contributed by atoms with Crippen LogP contribution in [-0.2, 0) is 0 Å². The molecule has 1 aliphatic rings.